The molecule has 0 atom stereocenters. The number of sulfonamides is 1. The molecule has 174 valence electrons. The van der Waals surface area contributed by atoms with Crippen LogP contribution in [0.2, 0.25) is 0 Å². The maximum absolute atomic E-state index is 11.8. The van der Waals surface area contributed by atoms with E-state index in [2.05, 4.69) is 27.9 Å². The summed E-state index contributed by atoms with van der Waals surface area (Å²) in [4.78, 5) is 11.5. The summed E-state index contributed by atoms with van der Waals surface area (Å²) in [5.41, 5.74) is 3.37. The fourth-order valence-corrected chi connectivity index (χ4v) is 5.32. The Kier molecular flexibility index (Phi) is 7.30. The first kappa shape index (κ1) is 23.0. The van der Waals surface area contributed by atoms with Crippen LogP contribution >= 0.6 is 0 Å². The number of benzene rings is 1. The summed E-state index contributed by atoms with van der Waals surface area (Å²) in [6.07, 6.45) is 11.4. The Morgan fingerprint density at radius 1 is 1.09 bits per heavy atom. The molecule has 7 nitrogen and oxygen atoms in total. The topological polar surface area (TPSA) is 75.6 Å². The van der Waals surface area contributed by atoms with E-state index in [4.69, 9.17) is 4.74 Å². The lowest BCUT2D eigenvalue weighted by atomic mass is 9.95. The number of nitrogens with zero attached hydrogens (tertiary/aromatic N) is 4. The van der Waals surface area contributed by atoms with Gasteiger partial charge in [0, 0.05) is 38.6 Å². The highest BCUT2D eigenvalue weighted by atomic mass is 32.2. The van der Waals surface area contributed by atoms with Gasteiger partial charge < -0.3 is 9.64 Å². The van der Waals surface area contributed by atoms with Crippen LogP contribution in [-0.4, -0.2) is 55.2 Å². The van der Waals surface area contributed by atoms with Gasteiger partial charge in [-0.25, -0.2) is 18.4 Å². The number of aromatic nitrogens is 2. The van der Waals surface area contributed by atoms with E-state index in [0.29, 0.717) is 19.7 Å². The van der Waals surface area contributed by atoms with Crippen LogP contribution in [0.1, 0.15) is 49.3 Å². The van der Waals surface area contributed by atoms with Gasteiger partial charge >= 0.3 is 0 Å². The van der Waals surface area contributed by atoms with Crippen molar-refractivity contribution in [1.29, 1.82) is 0 Å². The molecule has 3 heterocycles. The molecule has 0 unspecified atom stereocenters. The summed E-state index contributed by atoms with van der Waals surface area (Å²) in [7, 11) is -3.15. The lowest BCUT2D eigenvalue weighted by Gasteiger charge is -2.31. The molecule has 2 aliphatic heterocycles. The Labute approximate surface area is 191 Å². The molecule has 0 bridgehead atoms. The molecule has 0 N–H and O–H groups in total. The third-order valence-electron chi connectivity index (χ3n) is 6.67. The predicted octanol–water partition coefficient (Wildman–Crippen LogP) is 3.43. The third-order valence-corrected chi connectivity index (χ3v) is 7.92. The smallest absolute Gasteiger partial charge is 0.225 e. The second-order valence-corrected chi connectivity index (χ2v) is 10.9. The number of aryl methyl sites for hydroxylation is 1. The quantitative estimate of drug-likeness (QED) is 0.564. The van der Waals surface area contributed by atoms with Crippen LogP contribution in [0.5, 0.6) is 5.75 Å². The zero-order chi connectivity index (χ0) is 22.6. The third kappa shape index (κ3) is 5.78. The first-order valence-corrected chi connectivity index (χ1v) is 13.5. The maximum Gasteiger partial charge on any atom is 0.225 e. The molecule has 1 aromatic carbocycles. The Morgan fingerprint density at radius 2 is 1.84 bits per heavy atom. The van der Waals surface area contributed by atoms with E-state index in [1.807, 2.05) is 24.5 Å². The molecule has 0 amide bonds. The Bertz CT molecular complexity index is 1000. The van der Waals surface area contributed by atoms with Crippen LogP contribution in [0, 0.1) is 5.92 Å². The Morgan fingerprint density at radius 3 is 2.53 bits per heavy atom. The molecule has 0 radical (unpaired) electrons. The van der Waals surface area contributed by atoms with Gasteiger partial charge in [0.25, 0.3) is 0 Å². The molecular formula is C24H34N4O3S. The first-order chi connectivity index (χ1) is 15.4. The molecule has 2 aromatic rings. The van der Waals surface area contributed by atoms with E-state index in [1.165, 1.54) is 35.4 Å². The van der Waals surface area contributed by atoms with Gasteiger partial charge in [0.15, 0.2) is 0 Å². The van der Waals surface area contributed by atoms with Gasteiger partial charge in [-0.3, -0.25) is 0 Å². The van der Waals surface area contributed by atoms with Crippen molar-refractivity contribution >= 4 is 16.0 Å². The minimum Gasteiger partial charge on any atom is -0.494 e. The lowest BCUT2D eigenvalue weighted by molar-refractivity contribution is 0.309. The van der Waals surface area contributed by atoms with Gasteiger partial charge in [0.2, 0.25) is 16.0 Å². The van der Waals surface area contributed by atoms with E-state index in [-0.39, 0.29) is 0 Å². The van der Waals surface area contributed by atoms with Crippen molar-refractivity contribution in [3.8, 4) is 5.75 Å². The molecule has 8 heteroatoms. The van der Waals surface area contributed by atoms with Gasteiger partial charge in [-0.15, -0.1) is 0 Å². The predicted molar refractivity (Wildman–Crippen MR) is 126 cm³/mol. The molecule has 2 aliphatic rings. The molecule has 0 saturated carbocycles. The van der Waals surface area contributed by atoms with Crippen LogP contribution in [-0.2, 0) is 29.4 Å². The monoisotopic (exact) mass is 458 g/mol. The zero-order valence-electron chi connectivity index (χ0n) is 19.2. The van der Waals surface area contributed by atoms with E-state index in [1.54, 1.807) is 0 Å². The highest BCUT2D eigenvalue weighted by Crippen LogP contribution is 2.25. The molecule has 1 fully saturated rings. The number of hydrogen-bond donors (Lipinski definition) is 0. The molecule has 32 heavy (non-hydrogen) atoms. The molecule has 1 aromatic heterocycles. The number of fused-ring (bicyclic) bond motifs is 1. The fourth-order valence-electron chi connectivity index (χ4n) is 4.52. The lowest BCUT2D eigenvalue weighted by Crippen LogP contribution is -2.35. The largest absolute Gasteiger partial charge is 0.494 e. The van der Waals surface area contributed by atoms with Crippen molar-refractivity contribution in [2.75, 3.05) is 37.4 Å². The van der Waals surface area contributed by atoms with E-state index >= 15 is 0 Å². The SMILES string of the molecule is CCC1CCN(c2ncc(CCCOc3ccc4c(c3)CCN(S(C)(=O)=O)C4)cn2)CC1. The normalized spacial score (nSPS) is 17.9. The van der Waals surface area contributed by atoms with Crippen LogP contribution in [0.15, 0.2) is 30.6 Å². The number of hydrogen-bond acceptors (Lipinski definition) is 6. The van der Waals surface area contributed by atoms with Crippen molar-refractivity contribution in [2.45, 2.75) is 52.0 Å². The standard InChI is InChI=1S/C24H34N4O3S/c1-3-19-8-11-27(12-9-19)24-25-16-20(17-26-24)5-4-14-31-23-7-6-22-18-28(32(2,29)30)13-10-21(22)15-23/h6-7,15-17,19H,3-5,8-14,18H2,1-2H3. The van der Waals surface area contributed by atoms with Gasteiger partial charge in [0.1, 0.15) is 5.75 Å². The summed E-state index contributed by atoms with van der Waals surface area (Å²) in [5, 5.41) is 0. The summed E-state index contributed by atoms with van der Waals surface area (Å²) in [6.45, 7) is 5.98. The van der Waals surface area contributed by atoms with Crippen molar-refractivity contribution in [3.05, 3.63) is 47.3 Å². The number of piperidine rings is 1. The number of anilines is 1. The number of ether oxygens (including phenoxy) is 1. The van der Waals surface area contributed by atoms with Gasteiger partial charge in [-0.2, -0.15) is 4.31 Å². The van der Waals surface area contributed by atoms with Crippen molar-refractivity contribution in [2.24, 2.45) is 5.92 Å². The second kappa shape index (κ2) is 10.2. The molecule has 4 rings (SSSR count). The van der Waals surface area contributed by atoms with E-state index < -0.39 is 10.0 Å². The van der Waals surface area contributed by atoms with Gasteiger partial charge in [0.05, 0.1) is 12.9 Å². The van der Waals surface area contributed by atoms with Crippen LogP contribution in [0.25, 0.3) is 0 Å². The molecular weight excluding hydrogens is 424 g/mol. The minimum absolute atomic E-state index is 0.445. The second-order valence-electron chi connectivity index (χ2n) is 8.96. The van der Waals surface area contributed by atoms with Crippen molar-refractivity contribution in [3.63, 3.8) is 0 Å². The highest BCUT2D eigenvalue weighted by Gasteiger charge is 2.23. The van der Waals surface area contributed by atoms with E-state index in [0.717, 1.165) is 61.1 Å². The van der Waals surface area contributed by atoms with Crippen LogP contribution in [0.4, 0.5) is 5.95 Å². The zero-order valence-corrected chi connectivity index (χ0v) is 20.0. The average molecular weight is 459 g/mol. The molecule has 1 saturated heterocycles. The summed E-state index contributed by atoms with van der Waals surface area (Å²) in [6, 6.07) is 5.97. The average Bonchev–Trinajstić information content (AvgIpc) is 2.81. The fraction of sp³-hybridized carbons (Fsp3) is 0.583. The van der Waals surface area contributed by atoms with Gasteiger partial charge in [-0.1, -0.05) is 19.4 Å². The summed E-state index contributed by atoms with van der Waals surface area (Å²) in [5.74, 6) is 2.55. The van der Waals surface area contributed by atoms with E-state index in [9.17, 15) is 8.42 Å². The Balaban J connectivity index is 1.22. The highest BCUT2D eigenvalue weighted by molar-refractivity contribution is 7.88. The van der Waals surface area contributed by atoms with Crippen molar-refractivity contribution < 1.29 is 13.2 Å². The minimum atomic E-state index is -3.15. The molecule has 0 aliphatic carbocycles. The first-order valence-electron chi connectivity index (χ1n) is 11.7. The number of rotatable bonds is 8. The van der Waals surface area contributed by atoms with Crippen molar-refractivity contribution in [1.82, 2.24) is 14.3 Å². The van der Waals surface area contributed by atoms with Crippen LogP contribution in [0.3, 0.4) is 0 Å². The summed E-state index contributed by atoms with van der Waals surface area (Å²) < 4.78 is 31.0. The molecule has 0 spiro atoms. The van der Waals surface area contributed by atoms with Crippen LogP contribution < -0.4 is 9.64 Å². The summed E-state index contributed by atoms with van der Waals surface area (Å²) >= 11 is 0. The van der Waals surface area contributed by atoms with Gasteiger partial charge in [-0.05, 0) is 66.8 Å². The maximum atomic E-state index is 11.8. The Hall–Kier alpha value is -2.19.